The quantitative estimate of drug-likeness (QED) is 0.499. The molecule has 1 atom stereocenters. The van der Waals surface area contributed by atoms with E-state index in [-0.39, 0.29) is 17.1 Å². The van der Waals surface area contributed by atoms with Crippen LogP contribution in [0.2, 0.25) is 5.02 Å². The Morgan fingerprint density at radius 2 is 1.83 bits per heavy atom. The first-order valence-corrected chi connectivity index (χ1v) is 10.3. The molecule has 0 fully saturated rings. The summed E-state index contributed by atoms with van der Waals surface area (Å²) in [6.45, 7) is 4.95. The highest BCUT2D eigenvalue weighted by atomic mass is 79.9. The number of aliphatic hydroxyl groups is 1. The van der Waals surface area contributed by atoms with E-state index in [1.54, 1.807) is 39.0 Å². The Morgan fingerprint density at radius 1 is 1.17 bits per heavy atom. The highest BCUT2D eigenvalue weighted by molar-refractivity contribution is 9.10. The molecular formula is C21H21BrClN3O4. The van der Waals surface area contributed by atoms with Gasteiger partial charge in [0.25, 0.3) is 0 Å². The lowest BCUT2D eigenvalue weighted by Crippen LogP contribution is -2.44. The Hall–Kier alpha value is -2.42. The summed E-state index contributed by atoms with van der Waals surface area (Å²) in [5.41, 5.74) is -2.70. The zero-order valence-corrected chi connectivity index (χ0v) is 19.0. The van der Waals surface area contributed by atoms with Crippen LogP contribution in [-0.2, 0) is 21.7 Å². The van der Waals surface area contributed by atoms with Crippen molar-refractivity contribution in [1.82, 2.24) is 14.8 Å². The van der Waals surface area contributed by atoms with Gasteiger partial charge in [-0.3, -0.25) is 0 Å². The minimum atomic E-state index is -2.08. The van der Waals surface area contributed by atoms with Crippen molar-refractivity contribution in [2.24, 2.45) is 0 Å². The molecule has 1 unspecified atom stereocenters. The van der Waals surface area contributed by atoms with E-state index in [1.807, 2.05) is 12.1 Å². The van der Waals surface area contributed by atoms with Crippen LogP contribution in [0.1, 0.15) is 26.3 Å². The van der Waals surface area contributed by atoms with Crippen LogP contribution < -0.4 is 4.74 Å². The molecule has 1 N–H and O–H groups in total. The normalized spacial score (nSPS) is 13.5. The third kappa shape index (κ3) is 5.38. The minimum Gasteiger partial charge on any atom is -0.458 e. The van der Waals surface area contributed by atoms with Crippen LogP contribution in [0.4, 0.5) is 0 Å². The summed E-state index contributed by atoms with van der Waals surface area (Å²) in [4.78, 5) is 16.8. The van der Waals surface area contributed by atoms with Gasteiger partial charge >= 0.3 is 5.97 Å². The zero-order valence-electron chi connectivity index (χ0n) is 16.7. The van der Waals surface area contributed by atoms with Crippen molar-refractivity contribution in [2.45, 2.75) is 38.5 Å². The molecule has 0 aliphatic rings. The number of nitrogens with zero attached hydrogens (tertiary/aromatic N) is 3. The van der Waals surface area contributed by atoms with E-state index in [0.29, 0.717) is 11.5 Å². The summed E-state index contributed by atoms with van der Waals surface area (Å²) < 4.78 is 13.5. The molecule has 30 heavy (non-hydrogen) atoms. The number of ether oxygens (including phenoxy) is 2. The average molecular weight is 495 g/mol. The number of hydrogen-bond donors (Lipinski definition) is 1. The minimum absolute atomic E-state index is 0.151. The lowest BCUT2D eigenvalue weighted by Gasteiger charge is -2.31. The predicted octanol–water partition coefficient (Wildman–Crippen LogP) is 4.72. The lowest BCUT2D eigenvalue weighted by atomic mass is 9.93. The summed E-state index contributed by atoms with van der Waals surface area (Å²) in [5.74, 6) is 0.236. The molecule has 0 amide bonds. The number of rotatable bonds is 6. The summed E-state index contributed by atoms with van der Waals surface area (Å²) in [7, 11) is 0. The van der Waals surface area contributed by atoms with Crippen molar-refractivity contribution < 1.29 is 19.4 Å². The zero-order chi connectivity index (χ0) is 21.9. The van der Waals surface area contributed by atoms with Gasteiger partial charge in [0.1, 0.15) is 29.8 Å². The van der Waals surface area contributed by atoms with Gasteiger partial charge < -0.3 is 14.6 Å². The first-order valence-electron chi connectivity index (χ1n) is 9.08. The Balaban J connectivity index is 1.94. The molecule has 7 nitrogen and oxygen atoms in total. The van der Waals surface area contributed by atoms with Crippen LogP contribution >= 0.6 is 27.5 Å². The highest BCUT2D eigenvalue weighted by Gasteiger charge is 2.44. The van der Waals surface area contributed by atoms with Crippen LogP contribution in [0, 0.1) is 0 Å². The number of carbonyl (C=O) groups excluding carboxylic acids is 1. The number of hydrogen-bond acceptors (Lipinski definition) is 6. The van der Waals surface area contributed by atoms with Crippen molar-refractivity contribution in [3.63, 3.8) is 0 Å². The first-order chi connectivity index (χ1) is 14.1. The van der Waals surface area contributed by atoms with E-state index in [9.17, 15) is 9.90 Å². The van der Waals surface area contributed by atoms with Gasteiger partial charge in [-0.2, -0.15) is 5.10 Å². The first kappa shape index (κ1) is 22.3. The molecule has 158 valence electrons. The molecule has 9 heteroatoms. The van der Waals surface area contributed by atoms with Gasteiger partial charge in [0.2, 0.25) is 5.60 Å². The molecule has 3 rings (SSSR count). The van der Waals surface area contributed by atoms with Crippen LogP contribution in [0.25, 0.3) is 0 Å². The van der Waals surface area contributed by atoms with E-state index >= 15 is 0 Å². The van der Waals surface area contributed by atoms with Crippen molar-refractivity contribution in [1.29, 1.82) is 0 Å². The fraction of sp³-hybridized carbons (Fsp3) is 0.286. The van der Waals surface area contributed by atoms with E-state index in [0.717, 1.165) is 4.47 Å². The second-order valence-corrected chi connectivity index (χ2v) is 8.98. The molecule has 3 aromatic rings. The van der Waals surface area contributed by atoms with Crippen LogP contribution in [0.15, 0.2) is 59.6 Å². The molecule has 1 aromatic heterocycles. The fourth-order valence-electron chi connectivity index (χ4n) is 2.70. The van der Waals surface area contributed by atoms with Crippen LogP contribution in [0.5, 0.6) is 11.5 Å². The monoisotopic (exact) mass is 493 g/mol. The highest BCUT2D eigenvalue weighted by Crippen LogP contribution is 2.36. The SMILES string of the molecule is CC(C)(C)OC(=O)C(O)(Cn1cncn1)c1ccc(Oc2ccc(Br)cc2)cc1Cl. The second-order valence-electron chi connectivity index (χ2n) is 7.65. The summed E-state index contributed by atoms with van der Waals surface area (Å²) in [6.07, 6.45) is 2.71. The van der Waals surface area contributed by atoms with E-state index in [4.69, 9.17) is 21.1 Å². The number of carbonyl (C=O) groups is 1. The van der Waals surface area contributed by atoms with Crippen molar-refractivity contribution in [3.8, 4) is 11.5 Å². The van der Waals surface area contributed by atoms with Crippen molar-refractivity contribution >= 4 is 33.5 Å². The molecule has 0 bridgehead atoms. The van der Waals surface area contributed by atoms with Gasteiger partial charge in [-0.1, -0.05) is 33.6 Å². The molecule has 0 aliphatic heterocycles. The van der Waals surface area contributed by atoms with Crippen molar-refractivity contribution in [2.75, 3.05) is 0 Å². The number of aromatic nitrogens is 3. The second kappa shape index (κ2) is 8.75. The Labute approximate surface area is 187 Å². The Kier molecular flexibility index (Phi) is 6.50. The van der Waals surface area contributed by atoms with Crippen LogP contribution in [-0.4, -0.2) is 31.4 Å². The maximum absolute atomic E-state index is 12.9. The smallest absolute Gasteiger partial charge is 0.345 e. The Bertz CT molecular complexity index is 1020. The third-order valence-corrected chi connectivity index (χ3v) is 4.87. The van der Waals surface area contributed by atoms with Gasteiger partial charge in [-0.15, -0.1) is 0 Å². The van der Waals surface area contributed by atoms with Gasteiger partial charge in [-0.25, -0.2) is 14.5 Å². The molecule has 0 saturated heterocycles. The van der Waals surface area contributed by atoms with Gasteiger partial charge in [0.15, 0.2) is 0 Å². The number of esters is 1. The van der Waals surface area contributed by atoms with Crippen molar-refractivity contribution in [3.05, 3.63) is 70.2 Å². The van der Waals surface area contributed by atoms with Crippen LogP contribution in [0.3, 0.4) is 0 Å². The molecule has 0 radical (unpaired) electrons. The molecule has 0 aliphatic carbocycles. The average Bonchev–Trinajstić information content (AvgIpc) is 3.15. The summed E-state index contributed by atoms with van der Waals surface area (Å²) in [5, 5.41) is 15.5. The molecule has 0 spiro atoms. The lowest BCUT2D eigenvalue weighted by molar-refractivity contribution is -0.180. The molecular weight excluding hydrogens is 474 g/mol. The fourth-order valence-corrected chi connectivity index (χ4v) is 3.30. The standard InChI is InChI=1S/C21H21BrClN3O4/c1-20(2,3)30-19(27)21(28,11-26-13-24-12-25-26)17-9-8-16(10-18(17)23)29-15-6-4-14(22)5-7-15/h4-10,12-13,28H,11H2,1-3H3. The van der Waals surface area contributed by atoms with Gasteiger partial charge in [-0.05, 0) is 57.2 Å². The maximum atomic E-state index is 12.9. The maximum Gasteiger partial charge on any atom is 0.345 e. The topological polar surface area (TPSA) is 86.5 Å². The molecule has 0 saturated carbocycles. The molecule has 2 aromatic carbocycles. The number of benzene rings is 2. The van der Waals surface area contributed by atoms with E-state index in [1.165, 1.54) is 29.5 Å². The van der Waals surface area contributed by atoms with E-state index < -0.39 is 17.2 Å². The summed E-state index contributed by atoms with van der Waals surface area (Å²) >= 11 is 9.83. The third-order valence-electron chi connectivity index (χ3n) is 4.03. The van der Waals surface area contributed by atoms with Gasteiger partial charge in [0, 0.05) is 10.0 Å². The number of halogens is 2. The van der Waals surface area contributed by atoms with Gasteiger partial charge in [0.05, 0.1) is 11.6 Å². The summed E-state index contributed by atoms with van der Waals surface area (Å²) in [6, 6.07) is 12.0. The predicted molar refractivity (Wildman–Crippen MR) is 115 cm³/mol. The van der Waals surface area contributed by atoms with E-state index in [2.05, 4.69) is 26.0 Å². The molecule has 1 heterocycles. The Morgan fingerprint density at radius 3 is 2.40 bits per heavy atom. The largest absolute Gasteiger partial charge is 0.458 e.